The van der Waals surface area contributed by atoms with Crippen molar-refractivity contribution in [3.05, 3.63) is 58.0 Å². The lowest BCUT2D eigenvalue weighted by atomic mass is 10.1. The van der Waals surface area contributed by atoms with Crippen molar-refractivity contribution in [2.24, 2.45) is 0 Å². The van der Waals surface area contributed by atoms with E-state index in [4.69, 9.17) is 9.47 Å². The van der Waals surface area contributed by atoms with Gasteiger partial charge in [0.15, 0.2) is 11.5 Å². The van der Waals surface area contributed by atoms with Crippen molar-refractivity contribution in [3.63, 3.8) is 0 Å². The quantitative estimate of drug-likeness (QED) is 0.512. The zero-order valence-electron chi connectivity index (χ0n) is 19.3. The summed E-state index contributed by atoms with van der Waals surface area (Å²) < 4.78 is 11.4. The highest BCUT2D eigenvalue weighted by Crippen LogP contribution is 2.34. The number of hydrogen-bond donors (Lipinski definition) is 1. The summed E-state index contributed by atoms with van der Waals surface area (Å²) in [4.78, 5) is 38.9. The van der Waals surface area contributed by atoms with Gasteiger partial charge in [-0.1, -0.05) is 19.1 Å². The van der Waals surface area contributed by atoms with E-state index in [0.717, 1.165) is 34.2 Å². The number of aryl methyl sites for hydroxylation is 2. The van der Waals surface area contributed by atoms with Crippen LogP contribution in [0.15, 0.2) is 41.3 Å². The predicted molar refractivity (Wildman–Crippen MR) is 131 cm³/mol. The van der Waals surface area contributed by atoms with Crippen LogP contribution in [0.5, 0.6) is 11.5 Å². The van der Waals surface area contributed by atoms with Crippen molar-refractivity contribution >= 4 is 40.6 Å². The van der Waals surface area contributed by atoms with Crippen LogP contribution in [0, 0.1) is 13.8 Å². The summed E-state index contributed by atoms with van der Waals surface area (Å²) in [5, 5.41) is 2.28. The molecule has 8 heteroatoms. The van der Waals surface area contributed by atoms with E-state index in [2.05, 4.69) is 5.32 Å². The molecule has 0 unspecified atom stereocenters. The summed E-state index contributed by atoms with van der Waals surface area (Å²) in [5.41, 5.74) is 3.36. The molecule has 3 rings (SSSR count). The molecule has 33 heavy (non-hydrogen) atoms. The van der Waals surface area contributed by atoms with Crippen molar-refractivity contribution in [1.82, 2.24) is 4.90 Å². The Kier molecular flexibility index (Phi) is 8.16. The molecule has 0 spiro atoms. The lowest BCUT2D eigenvalue weighted by Gasteiger charge is -2.13. The van der Waals surface area contributed by atoms with Gasteiger partial charge in [0.1, 0.15) is 6.54 Å². The first kappa shape index (κ1) is 24.4. The SMILES string of the molecule is CCCOc1ccc(/C=C2\SC(=O)N(CC(=O)Nc3cc(C)cc(C)c3)C2=O)cc1OCC. The molecule has 7 nitrogen and oxygen atoms in total. The molecule has 0 atom stereocenters. The van der Waals surface area contributed by atoms with Gasteiger partial charge < -0.3 is 14.8 Å². The Labute approximate surface area is 198 Å². The Morgan fingerprint density at radius 2 is 1.76 bits per heavy atom. The summed E-state index contributed by atoms with van der Waals surface area (Å²) in [5.74, 6) is 0.281. The minimum absolute atomic E-state index is 0.254. The van der Waals surface area contributed by atoms with E-state index in [1.165, 1.54) is 0 Å². The van der Waals surface area contributed by atoms with Crippen molar-refractivity contribution in [2.75, 3.05) is 25.1 Å². The van der Waals surface area contributed by atoms with Crippen molar-refractivity contribution < 1.29 is 23.9 Å². The second kappa shape index (κ2) is 11.0. The fraction of sp³-hybridized carbons (Fsp3) is 0.320. The monoisotopic (exact) mass is 468 g/mol. The van der Waals surface area contributed by atoms with Gasteiger partial charge in [-0.2, -0.15) is 0 Å². The molecule has 1 aliphatic rings. The Bertz CT molecular complexity index is 1080. The highest BCUT2D eigenvalue weighted by molar-refractivity contribution is 8.18. The smallest absolute Gasteiger partial charge is 0.294 e. The zero-order chi connectivity index (χ0) is 24.0. The first-order valence-electron chi connectivity index (χ1n) is 10.8. The van der Waals surface area contributed by atoms with E-state index >= 15 is 0 Å². The van der Waals surface area contributed by atoms with E-state index in [-0.39, 0.29) is 11.4 Å². The maximum atomic E-state index is 12.8. The number of amides is 3. The number of carbonyl (C=O) groups is 3. The second-order valence-corrected chi connectivity index (χ2v) is 8.67. The third kappa shape index (κ3) is 6.38. The fourth-order valence-electron chi connectivity index (χ4n) is 3.39. The van der Waals surface area contributed by atoms with E-state index in [1.807, 2.05) is 45.9 Å². The first-order chi connectivity index (χ1) is 15.8. The average Bonchev–Trinajstić information content (AvgIpc) is 3.00. The van der Waals surface area contributed by atoms with Crippen LogP contribution in [0.4, 0.5) is 10.5 Å². The van der Waals surface area contributed by atoms with Gasteiger partial charge in [0, 0.05) is 5.69 Å². The normalized spacial score (nSPS) is 14.7. The molecule has 1 N–H and O–H groups in total. The van der Waals surface area contributed by atoms with Gasteiger partial charge in [-0.05, 0) is 86.0 Å². The molecule has 0 radical (unpaired) electrons. The van der Waals surface area contributed by atoms with Crippen LogP contribution >= 0.6 is 11.8 Å². The topological polar surface area (TPSA) is 84.9 Å². The lowest BCUT2D eigenvalue weighted by molar-refractivity contribution is -0.127. The number of carbonyl (C=O) groups excluding carboxylic acids is 3. The highest BCUT2D eigenvalue weighted by atomic mass is 32.2. The number of nitrogens with zero attached hydrogens (tertiary/aromatic N) is 1. The number of hydrogen-bond acceptors (Lipinski definition) is 6. The number of rotatable bonds is 9. The molecule has 0 aliphatic carbocycles. The van der Waals surface area contributed by atoms with E-state index < -0.39 is 17.1 Å². The van der Waals surface area contributed by atoms with Gasteiger partial charge in [0.25, 0.3) is 11.1 Å². The molecule has 1 heterocycles. The molecule has 0 saturated carbocycles. The molecule has 1 aliphatic heterocycles. The fourth-order valence-corrected chi connectivity index (χ4v) is 4.23. The molecular weight excluding hydrogens is 440 g/mol. The number of ether oxygens (including phenoxy) is 2. The minimum Gasteiger partial charge on any atom is -0.490 e. The Hall–Kier alpha value is -3.26. The summed E-state index contributed by atoms with van der Waals surface area (Å²) in [6.45, 7) is 8.47. The first-order valence-corrected chi connectivity index (χ1v) is 11.7. The highest BCUT2D eigenvalue weighted by Gasteiger charge is 2.36. The summed E-state index contributed by atoms with van der Waals surface area (Å²) >= 11 is 0.814. The van der Waals surface area contributed by atoms with Crippen LogP contribution in [0.25, 0.3) is 6.08 Å². The van der Waals surface area contributed by atoms with Gasteiger partial charge in [0.2, 0.25) is 5.91 Å². The molecule has 1 saturated heterocycles. The minimum atomic E-state index is -0.496. The van der Waals surface area contributed by atoms with E-state index in [9.17, 15) is 14.4 Å². The maximum Gasteiger partial charge on any atom is 0.294 e. The van der Waals surface area contributed by atoms with E-state index in [0.29, 0.717) is 36.0 Å². The maximum absolute atomic E-state index is 12.8. The number of benzene rings is 2. The molecule has 3 amide bonds. The lowest BCUT2D eigenvalue weighted by Crippen LogP contribution is -2.36. The summed E-state index contributed by atoms with van der Waals surface area (Å²) in [7, 11) is 0. The van der Waals surface area contributed by atoms with Crippen LogP contribution in [0.3, 0.4) is 0 Å². The molecule has 2 aromatic carbocycles. The molecule has 1 fully saturated rings. The van der Waals surface area contributed by atoms with Crippen molar-refractivity contribution in [3.8, 4) is 11.5 Å². The number of nitrogens with one attached hydrogen (secondary N) is 1. The molecule has 0 bridgehead atoms. The van der Waals surface area contributed by atoms with Gasteiger partial charge in [-0.25, -0.2) is 0 Å². The standard InChI is InChI=1S/C25H28N2O5S/c1-5-9-32-20-8-7-18(13-21(20)31-6-2)14-22-24(29)27(25(30)33-22)15-23(28)26-19-11-16(3)10-17(4)12-19/h7-8,10-14H,5-6,9,15H2,1-4H3,(H,26,28)/b22-14-. The van der Waals surface area contributed by atoms with Gasteiger partial charge >= 0.3 is 0 Å². The predicted octanol–water partition coefficient (Wildman–Crippen LogP) is 5.17. The van der Waals surface area contributed by atoms with Crippen LogP contribution in [0.2, 0.25) is 0 Å². The second-order valence-electron chi connectivity index (χ2n) is 7.68. The van der Waals surface area contributed by atoms with Gasteiger partial charge in [-0.3, -0.25) is 19.3 Å². The third-order valence-corrected chi connectivity index (χ3v) is 5.62. The Balaban J connectivity index is 1.72. The zero-order valence-corrected chi connectivity index (χ0v) is 20.1. The number of thioether (sulfide) groups is 1. The van der Waals surface area contributed by atoms with Crippen molar-refractivity contribution in [2.45, 2.75) is 34.1 Å². The molecule has 0 aromatic heterocycles. The third-order valence-electron chi connectivity index (χ3n) is 4.71. The summed E-state index contributed by atoms with van der Waals surface area (Å²) in [6.07, 6.45) is 2.50. The summed E-state index contributed by atoms with van der Waals surface area (Å²) in [6, 6.07) is 11.0. The van der Waals surface area contributed by atoms with Crippen LogP contribution in [-0.4, -0.2) is 41.7 Å². The van der Waals surface area contributed by atoms with Gasteiger partial charge in [-0.15, -0.1) is 0 Å². The number of anilines is 1. The number of imide groups is 1. The van der Waals surface area contributed by atoms with Gasteiger partial charge in [0.05, 0.1) is 18.1 Å². The van der Waals surface area contributed by atoms with Crippen LogP contribution in [0.1, 0.15) is 37.0 Å². The molecule has 2 aromatic rings. The largest absolute Gasteiger partial charge is 0.490 e. The average molecular weight is 469 g/mol. The Morgan fingerprint density at radius 3 is 2.42 bits per heavy atom. The molecular formula is C25H28N2O5S. The molecule has 174 valence electrons. The van der Waals surface area contributed by atoms with Crippen molar-refractivity contribution in [1.29, 1.82) is 0 Å². The van der Waals surface area contributed by atoms with Crippen LogP contribution in [-0.2, 0) is 9.59 Å². The van der Waals surface area contributed by atoms with E-state index in [1.54, 1.807) is 24.3 Å². The van der Waals surface area contributed by atoms with Crippen LogP contribution < -0.4 is 14.8 Å². The Morgan fingerprint density at radius 1 is 1.03 bits per heavy atom.